The molecule has 0 amide bonds. The molecule has 2 aromatic rings. The van der Waals surface area contributed by atoms with E-state index >= 15 is 0 Å². The zero-order valence-corrected chi connectivity index (χ0v) is 11.6. The van der Waals surface area contributed by atoms with Crippen LogP contribution in [0.3, 0.4) is 0 Å². The third-order valence-electron chi connectivity index (χ3n) is 2.93. The second kappa shape index (κ2) is 6.13. The fourth-order valence-corrected chi connectivity index (χ4v) is 1.89. The first kappa shape index (κ1) is 14.6. The summed E-state index contributed by atoms with van der Waals surface area (Å²) >= 11 is 0. The van der Waals surface area contributed by atoms with Crippen LogP contribution in [0.15, 0.2) is 36.4 Å². The number of rotatable bonds is 4. The molecule has 0 bridgehead atoms. The van der Waals surface area contributed by atoms with Gasteiger partial charge in [-0.15, -0.1) is 0 Å². The van der Waals surface area contributed by atoms with Gasteiger partial charge in [0.25, 0.3) is 0 Å². The Labute approximate surface area is 121 Å². The van der Waals surface area contributed by atoms with Gasteiger partial charge in [-0.3, -0.25) is 0 Å². The van der Waals surface area contributed by atoms with E-state index in [1.165, 1.54) is 32.4 Å². The number of halogens is 1. The molecule has 0 unspecified atom stereocenters. The first-order chi connectivity index (χ1) is 10.1. The minimum absolute atomic E-state index is 0.281. The monoisotopic (exact) mass is 290 g/mol. The van der Waals surface area contributed by atoms with Crippen LogP contribution in [-0.4, -0.2) is 20.2 Å². The highest BCUT2D eigenvalue weighted by Gasteiger charge is 2.16. The number of carbonyl (C=O) groups is 1. The zero-order chi connectivity index (χ0) is 15.4. The smallest absolute Gasteiger partial charge is 0.340 e. The number of para-hydroxylation sites is 1. The van der Waals surface area contributed by atoms with Crippen molar-refractivity contribution in [1.82, 2.24) is 0 Å². The summed E-state index contributed by atoms with van der Waals surface area (Å²) in [6, 6.07) is 8.89. The van der Waals surface area contributed by atoms with E-state index in [1.807, 2.05) is 0 Å². The molecule has 0 aromatic heterocycles. The highest BCUT2D eigenvalue weighted by atomic mass is 19.1. The number of benzene rings is 2. The van der Waals surface area contributed by atoms with E-state index in [0.29, 0.717) is 22.8 Å². The van der Waals surface area contributed by atoms with E-state index in [1.54, 1.807) is 18.2 Å². The van der Waals surface area contributed by atoms with E-state index < -0.39 is 11.8 Å². The molecule has 6 heteroatoms. The summed E-state index contributed by atoms with van der Waals surface area (Å²) in [7, 11) is 2.71. The van der Waals surface area contributed by atoms with Gasteiger partial charge in [-0.2, -0.15) is 0 Å². The van der Waals surface area contributed by atoms with Crippen molar-refractivity contribution in [1.29, 1.82) is 0 Å². The topological polar surface area (TPSA) is 73.6 Å². The van der Waals surface area contributed by atoms with E-state index in [0.717, 1.165) is 0 Å². The maximum absolute atomic E-state index is 13.2. The Morgan fingerprint density at radius 2 is 2.00 bits per heavy atom. The van der Waals surface area contributed by atoms with Crippen LogP contribution in [0.1, 0.15) is 10.4 Å². The Morgan fingerprint density at radius 1 is 1.24 bits per heavy atom. The van der Waals surface area contributed by atoms with Crippen LogP contribution in [0, 0.1) is 5.82 Å². The highest BCUT2D eigenvalue weighted by Crippen LogP contribution is 2.33. The Bertz CT molecular complexity index is 674. The van der Waals surface area contributed by atoms with Gasteiger partial charge in [0.05, 0.1) is 36.8 Å². The number of hydrogen-bond acceptors (Lipinski definition) is 5. The van der Waals surface area contributed by atoms with Gasteiger partial charge >= 0.3 is 5.97 Å². The lowest BCUT2D eigenvalue weighted by Gasteiger charge is -2.15. The van der Waals surface area contributed by atoms with E-state index in [-0.39, 0.29) is 5.56 Å². The summed E-state index contributed by atoms with van der Waals surface area (Å²) < 4.78 is 23.0. The van der Waals surface area contributed by atoms with Crippen molar-refractivity contribution in [2.24, 2.45) is 0 Å². The minimum Gasteiger partial charge on any atom is -0.494 e. The molecule has 110 valence electrons. The molecule has 0 atom stereocenters. The second-order valence-electron chi connectivity index (χ2n) is 4.23. The molecule has 2 rings (SSSR count). The van der Waals surface area contributed by atoms with Crippen molar-refractivity contribution in [3.63, 3.8) is 0 Å². The Morgan fingerprint density at radius 3 is 2.67 bits per heavy atom. The quantitative estimate of drug-likeness (QED) is 0.669. The number of hydrogen-bond donors (Lipinski definition) is 2. The summed E-state index contributed by atoms with van der Waals surface area (Å²) in [6.07, 6.45) is 0. The number of anilines is 3. The van der Waals surface area contributed by atoms with Crippen molar-refractivity contribution in [2.75, 3.05) is 25.3 Å². The van der Waals surface area contributed by atoms with Gasteiger partial charge in [-0.25, -0.2) is 9.18 Å². The van der Waals surface area contributed by atoms with Crippen molar-refractivity contribution >= 4 is 23.0 Å². The molecule has 0 radical (unpaired) electrons. The fraction of sp³-hybridized carbons (Fsp3) is 0.133. The van der Waals surface area contributed by atoms with Crippen LogP contribution < -0.4 is 15.8 Å². The summed E-state index contributed by atoms with van der Waals surface area (Å²) in [5.74, 6) is -0.647. The number of nitrogens with one attached hydrogen (secondary N) is 1. The van der Waals surface area contributed by atoms with E-state index in [2.05, 4.69) is 5.32 Å². The lowest BCUT2D eigenvalue weighted by Crippen LogP contribution is -2.08. The van der Waals surface area contributed by atoms with Crippen LogP contribution in [0.2, 0.25) is 0 Å². The molecule has 0 aliphatic carbocycles. The molecule has 21 heavy (non-hydrogen) atoms. The van der Waals surface area contributed by atoms with Crippen molar-refractivity contribution in [3.05, 3.63) is 47.8 Å². The Balaban J connectivity index is 2.47. The average molecular weight is 290 g/mol. The van der Waals surface area contributed by atoms with Gasteiger partial charge in [-0.1, -0.05) is 6.07 Å². The number of nitrogens with two attached hydrogens (primary N) is 1. The first-order valence-corrected chi connectivity index (χ1v) is 6.14. The molecule has 0 spiro atoms. The molecule has 0 fully saturated rings. The summed E-state index contributed by atoms with van der Waals surface area (Å²) in [6.45, 7) is 0. The average Bonchev–Trinajstić information content (AvgIpc) is 2.49. The number of nitrogen functional groups attached to an aromatic ring is 1. The predicted molar refractivity (Wildman–Crippen MR) is 78.4 cm³/mol. The maximum atomic E-state index is 13.2. The van der Waals surface area contributed by atoms with Gasteiger partial charge in [0.1, 0.15) is 11.6 Å². The standard InChI is InChI=1S/C15H15FN2O3/c1-20-13-8-9(16)6-7-12(13)18-14-10(15(19)21-2)4-3-5-11(14)17/h3-8,18H,17H2,1-2H3. The van der Waals surface area contributed by atoms with Gasteiger partial charge in [0.2, 0.25) is 0 Å². The third kappa shape index (κ3) is 3.05. The summed E-state index contributed by atoms with van der Waals surface area (Å²) in [5, 5.41) is 2.99. The molecule has 0 heterocycles. The third-order valence-corrected chi connectivity index (χ3v) is 2.93. The van der Waals surface area contributed by atoms with Crippen molar-refractivity contribution in [3.8, 4) is 5.75 Å². The molecule has 0 aliphatic heterocycles. The molecule has 0 saturated heterocycles. The first-order valence-electron chi connectivity index (χ1n) is 6.14. The molecular formula is C15H15FN2O3. The van der Waals surface area contributed by atoms with Crippen LogP contribution in [0.4, 0.5) is 21.5 Å². The van der Waals surface area contributed by atoms with Crippen molar-refractivity contribution < 1.29 is 18.7 Å². The maximum Gasteiger partial charge on any atom is 0.340 e. The Hall–Kier alpha value is -2.76. The van der Waals surface area contributed by atoms with Gasteiger partial charge < -0.3 is 20.5 Å². The molecule has 3 N–H and O–H groups in total. The Kier molecular flexibility index (Phi) is 4.27. The predicted octanol–water partition coefficient (Wildman–Crippen LogP) is 2.95. The zero-order valence-electron chi connectivity index (χ0n) is 11.6. The van der Waals surface area contributed by atoms with Crippen LogP contribution in [0.25, 0.3) is 0 Å². The van der Waals surface area contributed by atoms with Gasteiger partial charge in [0, 0.05) is 6.07 Å². The largest absolute Gasteiger partial charge is 0.494 e. The normalized spacial score (nSPS) is 10.0. The lowest BCUT2D eigenvalue weighted by molar-refractivity contribution is 0.0602. The highest BCUT2D eigenvalue weighted by molar-refractivity contribution is 6.00. The minimum atomic E-state index is -0.522. The lowest BCUT2D eigenvalue weighted by atomic mass is 10.1. The van der Waals surface area contributed by atoms with Crippen LogP contribution in [-0.2, 0) is 4.74 Å². The second-order valence-corrected chi connectivity index (χ2v) is 4.23. The molecular weight excluding hydrogens is 275 g/mol. The molecule has 0 aliphatic rings. The van der Waals surface area contributed by atoms with E-state index in [4.69, 9.17) is 15.2 Å². The van der Waals surface area contributed by atoms with Gasteiger partial charge in [0.15, 0.2) is 0 Å². The van der Waals surface area contributed by atoms with E-state index in [9.17, 15) is 9.18 Å². The fourth-order valence-electron chi connectivity index (χ4n) is 1.89. The number of esters is 1. The van der Waals surface area contributed by atoms with Gasteiger partial charge in [-0.05, 0) is 24.3 Å². The molecule has 0 saturated carbocycles. The van der Waals surface area contributed by atoms with Crippen molar-refractivity contribution in [2.45, 2.75) is 0 Å². The summed E-state index contributed by atoms with van der Waals surface area (Å²) in [5.41, 5.74) is 7.42. The number of carbonyl (C=O) groups excluding carboxylic acids is 1. The van der Waals surface area contributed by atoms with Crippen LogP contribution >= 0.6 is 0 Å². The van der Waals surface area contributed by atoms with Crippen LogP contribution in [0.5, 0.6) is 5.75 Å². The molecule has 2 aromatic carbocycles. The molecule has 5 nitrogen and oxygen atoms in total. The number of ether oxygens (including phenoxy) is 2. The SMILES string of the molecule is COC(=O)c1cccc(N)c1Nc1ccc(F)cc1OC. The number of methoxy groups -OCH3 is 2. The summed E-state index contributed by atoms with van der Waals surface area (Å²) in [4.78, 5) is 11.8.